The Morgan fingerprint density at radius 3 is 2.21 bits per heavy atom. The number of ether oxygens (including phenoxy) is 2. The lowest BCUT2D eigenvalue weighted by Crippen LogP contribution is -2.33. The summed E-state index contributed by atoms with van der Waals surface area (Å²) >= 11 is 5.88. The van der Waals surface area contributed by atoms with E-state index in [9.17, 15) is 4.79 Å². The molecule has 2 rings (SSSR count). The highest BCUT2D eigenvalue weighted by Crippen LogP contribution is 2.22. The van der Waals surface area contributed by atoms with Crippen LogP contribution in [-0.4, -0.2) is 40.3 Å². The Bertz CT molecular complexity index is 667. The number of methoxy groups -OCH3 is 2. The minimum atomic E-state index is -0.170. The van der Waals surface area contributed by atoms with E-state index in [1.165, 1.54) is 0 Å². The highest BCUT2D eigenvalue weighted by atomic mass is 35.5. The number of hydrogen-bond donors (Lipinski definition) is 1. The number of anilines is 1. The lowest BCUT2D eigenvalue weighted by molar-refractivity contribution is 0.0954. The summed E-state index contributed by atoms with van der Waals surface area (Å²) in [5.74, 6) is 0.993. The van der Waals surface area contributed by atoms with Crippen LogP contribution in [0.5, 0.6) is 11.5 Å². The van der Waals surface area contributed by atoms with Gasteiger partial charge in [0.1, 0.15) is 11.5 Å². The zero-order valence-corrected chi connectivity index (χ0v) is 14.8. The smallest absolute Gasteiger partial charge is 0.251 e. The van der Waals surface area contributed by atoms with Crippen molar-refractivity contribution >= 4 is 23.2 Å². The van der Waals surface area contributed by atoms with Gasteiger partial charge in [-0.25, -0.2) is 0 Å². The fourth-order valence-corrected chi connectivity index (χ4v) is 2.33. The maximum atomic E-state index is 12.3. The number of benzene rings is 2. The Kier molecular flexibility index (Phi) is 6.32. The highest BCUT2D eigenvalue weighted by molar-refractivity contribution is 6.30. The summed E-state index contributed by atoms with van der Waals surface area (Å²) < 4.78 is 10.4. The number of carbonyl (C=O) groups is 1. The Balaban J connectivity index is 1.92. The van der Waals surface area contributed by atoms with Crippen molar-refractivity contribution in [3.8, 4) is 11.5 Å². The van der Waals surface area contributed by atoms with Crippen LogP contribution in [0, 0.1) is 0 Å². The summed E-state index contributed by atoms with van der Waals surface area (Å²) in [6, 6.07) is 12.7. The van der Waals surface area contributed by atoms with Gasteiger partial charge in [0.15, 0.2) is 0 Å². The third-order valence-corrected chi connectivity index (χ3v) is 3.87. The van der Waals surface area contributed by atoms with Crippen molar-refractivity contribution in [2.45, 2.75) is 0 Å². The first-order chi connectivity index (χ1) is 11.5. The molecule has 0 atom stereocenters. The summed E-state index contributed by atoms with van der Waals surface area (Å²) in [6.07, 6.45) is 0. The van der Waals surface area contributed by atoms with Crippen LogP contribution in [0.3, 0.4) is 0 Å². The molecule has 0 fully saturated rings. The van der Waals surface area contributed by atoms with Gasteiger partial charge in [-0.2, -0.15) is 0 Å². The molecular formula is C18H21ClN2O3. The van der Waals surface area contributed by atoms with Crippen LogP contribution in [0.2, 0.25) is 5.02 Å². The molecule has 0 radical (unpaired) electrons. The molecule has 0 unspecified atom stereocenters. The van der Waals surface area contributed by atoms with E-state index >= 15 is 0 Å². The third-order valence-electron chi connectivity index (χ3n) is 3.61. The quantitative estimate of drug-likeness (QED) is 0.834. The second-order valence-corrected chi connectivity index (χ2v) is 5.69. The number of hydrogen-bond acceptors (Lipinski definition) is 4. The lowest BCUT2D eigenvalue weighted by atomic mass is 10.2. The zero-order valence-electron chi connectivity index (χ0n) is 14.0. The lowest BCUT2D eigenvalue weighted by Gasteiger charge is -2.19. The van der Waals surface area contributed by atoms with E-state index in [-0.39, 0.29) is 5.91 Å². The molecule has 0 saturated heterocycles. The van der Waals surface area contributed by atoms with E-state index in [0.29, 0.717) is 35.2 Å². The molecular weight excluding hydrogens is 328 g/mol. The SMILES string of the molecule is COc1cc(OC)cc(C(=O)NCCN(C)c2ccc(Cl)cc2)c1. The van der Waals surface area contributed by atoms with E-state index in [2.05, 4.69) is 5.32 Å². The van der Waals surface area contributed by atoms with Crippen LogP contribution >= 0.6 is 11.6 Å². The van der Waals surface area contributed by atoms with Gasteiger partial charge in [-0.3, -0.25) is 4.79 Å². The summed E-state index contributed by atoms with van der Waals surface area (Å²) in [5.41, 5.74) is 1.54. The highest BCUT2D eigenvalue weighted by Gasteiger charge is 2.10. The third kappa shape index (κ3) is 4.80. The molecule has 128 valence electrons. The first-order valence-corrected chi connectivity index (χ1v) is 7.89. The number of nitrogens with zero attached hydrogens (tertiary/aromatic N) is 1. The van der Waals surface area contributed by atoms with Crippen molar-refractivity contribution < 1.29 is 14.3 Å². The zero-order chi connectivity index (χ0) is 17.5. The minimum Gasteiger partial charge on any atom is -0.497 e. The Hall–Kier alpha value is -2.40. The van der Waals surface area contributed by atoms with Crippen LogP contribution in [0.15, 0.2) is 42.5 Å². The molecule has 24 heavy (non-hydrogen) atoms. The molecule has 1 amide bonds. The van der Waals surface area contributed by atoms with Gasteiger partial charge < -0.3 is 19.7 Å². The topological polar surface area (TPSA) is 50.8 Å². The molecule has 2 aromatic carbocycles. The summed E-state index contributed by atoms with van der Waals surface area (Å²) in [4.78, 5) is 14.3. The summed E-state index contributed by atoms with van der Waals surface area (Å²) in [5, 5.41) is 3.60. The molecule has 0 spiro atoms. The first kappa shape index (κ1) is 17.9. The Morgan fingerprint density at radius 1 is 1.08 bits per heavy atom. The van der Waals surface area contributed by atoms with Crippen molar-refractivity contribution in [3.05, 3.63) is 53.1 Å². The van der Waals surface area contributed by atoms with E-state index in [0.717, 1.165) is 5.69 Å². The van der Waals surface area contributed by atoms with Crippen molar-refractivity contribution in [3.63, 3.8) is 0 Å². The van der Waals surface area contributed by atoms with Gasteiger partial charge in [-0.15, -0.1) is 0 Å². The molecule has 0 aliphatic heterocycles. The normalized spacial score (nSPS) is 10.2. The van der Waals surface area contributed by atoms with Crippen LogP contribution in [0.4, 0.5) is 5.69 Å². The van der Waals surface area contributed by atoms with Gasteiger partial charge in [0, 0.05) is 42.5 Å². The molecule has 0 aliphatic carbocycles. The van der Waals surface area contributed by atoms with Crippen LogP contribution in [0.1, 0.15) is 10.4 Å². The number of rotatable bonds is 7. The van der Waals surface area contributed by atoms with E-state index in [1.54, 1.807) is 32.4 Å². The summed E-state index contributed by atoms with van der Waals surface area (Å²) in [6.45, 7) is 1.19. The van der Waals surface area contributed by atoms with Crippen LogP contribution < -0.4 is 19.7 Å². The molecule has 0 heterocycles. The van der Waals surface area contributed by atoms with E-state index in [4.69, 9.17) is 21.1 Å². The molecule has 5 nitrogen and oxygen atoms in total. The Labute approximate surface area is 147 Å². The number of nitrogens with one attached hydrogen (secondary N) is 1. The van der Waals surface area contributed by atoms with Crippen molar-refractivity contribution in [1.29, 1.82) is 0 Å². The number of halogens is 1. The molecule has 0 saturated carbocycles. The predicted octanol–water partition coefficient (Wildman–Crippen LogP) is 3.22. The molecule has 6 heteroatoms. The molecule has 0 aromatic heterocycles. The van der Waals surface area contributed by atoms with Gasteiger partial charge in [-0.05, 0) is 36.4 Å². The maximum Gasteiger partial charge on any atom is 0.251 e. The molecule has 2 aromatic rings. The van der Waals surface area contributed by atoms with Gasteiger partial charge in [-0.1, -0.05) is 11.6 Å². The molecule has 0 bridgehead atoms. The maximum absolute atomic E-state index is 12.3. The first-order valence-electron chi connectivity index (χ1n) is 7.51. The fraction of sp³-hybridized carbons (Fsp3) is 0.278. The predicted molar refractivity (Wildman–Crippen MR) is 96.6 cm³/mol. The van der Waals surface area contributed by atoms with Crippen molar-refractivity contribution in [2.24, 2.45) is 0 Å². The largest absolute Gasteiger partial charge is 0.497 e. The van der Waals surface area contributed by atoms with Crippen LogP contribution in [0.25, 0.3) is 0 Å². The molecule has 0 aliphatic rings. The number of carbonyl (C=O) groups excluding carboxylic acids is 1. The van der Waals surface area contributed by atoms with Crippen molar-refractivity contribution in [1.82, 2.24) is 5.32 Å². The van der Waals surface area contributed by atoms with E-state index in [1.807, 2.05) is 36.2 Å². The second-order valence-electron chi connectivity index (χ2n) is 5.26. The van der Waals surface area contributed by atoms with Crippen LogP contribution in [-0.2, 0) is 0 Å². The number of likely N-dealkylation sites (N-methyl/N-ethyl adjacent to an activating group) is 1. The standard InChI is InChI=1S/C18H21ClN2O3/c1-21(15-6-4-14(19)5-7-15)9-8-20-18(22)13-10-16(23-2)12-17(11-13)24-3/h4-7,10-12H,8-9H2,1-3H3,(H,20,22). The van der Waals surface area contributed by atoms with Gasteiger partial charge in [0.2, 0.25) is 0 Å². The fourth-order valence-electron chi connectivity index (χ4n) is 2.20. The average molecular weight is 349 g/mol. The van der Waals surface area contributed by atoms with Gasteiger partial charge in [0.05, 0.1) is 14.2 Å². The molecule has 1 N–H and O–H groups in total. The minimum absolute atomic E-state index is 0.170. The number of amides is 1. The van der Waals surface area contributed by atoms with Crippen molar-refractivity contribution in [2.75, 3.05) is 39.3 Å². The van der Waals surface area contributed by atoms with Gasteiger partial charge >= 0.3 is 0 Å². The monoisotopic (exact) mass is 348 g/mol. The second kappa shape index (κ2) is 8.45. The van der Waals surface area contributed by atoms with E-state index < -0.39 is 0 Å². The Morgan fingerprint density at radius 2 is 1.67 bits per heavy atom. The van der Waals surface area contributed by atoms with Gasteiger partial charge in [0.25, 0.3) is 5.91 Å². The average Bonchev–Trinajstić information content (AvgIpc) is 2.61. The summed E-state index contributed by atoms with van der Waals surface area (Å²) in [7, 11) is 5.07.